The highest BCUT2D eigenvalue weighted by Crippen LogP contribution is 2.39. The molecule has 0 bridgehead atoms. The Hall–Kier alpha value is -3.26. The lowest BCUT2D eigenvalue weighted by molar-refractivity contribution is -0.115. The quantitative estimate of drug-likeness (QED) is 0.544. The van der Waals surface area contributed by atoms with E-state index in [1.807, 2.05) is 50.2 Å². The van der Waals surface area contributed by atoms with E-state index >= 15 is 0 Å². The van der Waals surface area contributed by atoms with Gasteiger partial charge in [0.05, 0.1) is 5.57 Å². The maximum absolute atomic E-state index is 12.4. The zero-order valence-corrected chi connectivity index (χ0v) is 18.6. The number of allylic oxidation sites excluding steroid dienone is 1. The zero-order valence-electron chi connectivity index (χ0n) is 17.8. The number of hydrogen-bond donors (Lipinski definition) is 2. The number of primary amides is 1. The van der Waals surface area contributed by atoms with Gasteiger partial charge >= 0.3 is 0 Å². The van der Waals surface area contributed by atoms with Gasteiger partial charge in [-0.25, -0.2) is 4.68 Å². The number of nitrogens with one attached hydrogen (secondary N) is 1. The number of fused-ring (bicyclic) bond motifs is 1. The fourth-order valence-corrected chi connectivity index (χ4v) is 4.17. The molecular formula is C23H25N5O2S. The van der Waals surface area contributed by atoms with Crippen molar-refractivity contribution in [2.75, 3.05) is 11.1 Å². The Morgan fingerprint density at radius 3 is 2.65 bits per heavy atom. The molecule has 0 aliphatic carbocycles. The number of nitrogens with zero attached hydrogens (tertiary/aromatic N) is 3. The molecule has 7 nitrogen and oxygen atoms in total. The Bertz CT molecular complexity index is 1140. The molecule has 31 heavy (non-hydrogen) atoms. The van der Waals surface area contributed by atoms with Gasteiger partial charge in [0.15, 0.2) is 0 Å². The average Bonchev–Trinajstić information content (AvgIpc) is 3.14. The standard InChI is InChI=1S/C23H25N5O2S/c1-4-31-23-26-22-25-15(3)19(21(24)29)20(28(22)27-23)17-7-5-6-8-18(17)30-13-16-11-9-14(2)10-12-16/h5-12,20H,4,13H2,1-3H3,(H2,24,29)(H,25,26,27). The number of rotatable bonds is 7. The van der Waals surface area contributed by atoms with Crippen molar-refractivity contribution in [3.63, 3.8) is 0 Å². The van der Waals surface area contributed by atoms with Gasteiger partial charge in [0.25, 0.3) is 0 Å². The van der Waals surface area contributed by atoms with Crippen molar-refractivity contribution >= 4 is 23.6 Å². The van der Waals surface area contributed by atoms with Gasteiger partial charge in [0, 0.05) is 11.3 Å². The summed E-state index contributed by atoms with van der Waals surface area (Å²) in [5.74, 6) is 1.60. The van der Waals surface area contributed by atoms with E-state index in [1.54, 1.807) is 16.4 Å². The van der Waals surface area contributed by atoms with Crippen LogP contribution in [-0.2, 0) is 11.4 Å². The van der Waals surface area contributed by atoms with Gasteiger partial charge in [0.1, 0.15) is 18.4 Å². The number of benzene rings is 2. The summed E-state index contributed by atoms with van der Waals surface area (Å²) in [5.41, 5.74) is 9.97. The molecule has 0 fully saturated rings. The number of thioether (sulfide) groups is 1. The Labute approximate surface area is 185 Å². The maximum atomic E-state index is 12.4. The fraction of sp³-hybridized carbons (Fsp3) is 0.261. The van der Waals surface area contributed by atoms with E-state index in [-0.39, 0.29) is 0 Å². The lowest BCUT2D eigenvalue weighted by Crippen LogP contribution is -2.32. The Morgan fingerprint density at radius 1 is 1.19 bits per heavy atom. The second-order valence-corrected chi connectivity index (χ2v) is 8.57. The highest BCUT2D eigenvalue weighted by Gasteiger charge is 2.35. The van der Waals surface area contributed by atoms with Crippen molar-refractivity contribution in [2.45, 2.75) is 38.6 Å². The van der Waals surface area contributed by atoms with Crippen LogP contribution in [-0.4, -0.2) is 26.4 Å². The summed E-state index contributed by atoms with van der Waals surface area (Å²) >= 11 is 1.54. The molecule has 0 saturated carbocycles. The minimum absolute atomic E-state index is 0.415. The summed E-state index contributed by atoms with van der Waals surface area (Å²) in [6.07, 6.45) is 0. The smallest absolute Gasteiger partial charge is 0.248 e. The van der Waals surface area contributed by atoms with Crippen LogP contribution in [0.15, 0.2) is 65.0 Å². The van der Waals surface area contributed by atoms with Crippen LogP contribution in [0.5, 0.6) is 5.75 Å². The number of aromatic nitrogens is 3. The van der Waals surface area contributed by atoms with Crippen LogP contribution < -0.4 is 15.8 Å². The van der Waals surface area contributed by atoms with Crippen LogP contribution >= 0.6 is 11.8 Å². The van der Waals surface area contributed by atoms with E-state index in [9.17, 15) is 4.79 Å². The molecule has 1 atom stereocenters. The lowest BCUT2D eigenvalue weighted by atomic mass is 9.94. The SMILES string of the molecule is CCSc1nc2n(n1)C(c1ccccc1OCc1ccc(C)cc1)C(C(N)=O)=C(C)N2. The van der Waals surface area contributed by atoms with Crippen molar-refractivity contribution in [1.82, 2.24) is 14.8 Å². The summed E-state index contributed by atoms with van der Waals surface area (Å²) in [5, 5.41) is 8.45. The number of para-hydroxylation sites is 1. The largest absolute Gasteiger partial charge is 0.489 e. The average molecular weight is 436 g/mol. The van der Waals surface area contributed by atoms with E-state index in [0.717, 1.165) is 16.9 Å². The molecular weight excluding hydrogens is 410 g/mol. The summed E-state index contributed by atoms with van der Waals surface area (Å²) in [6, 6.07) is 15.4. The van der Waals surface area contributed by atoms with Crippen LogP contribution in [0.2, 0.25) is 0 Å². The fourth-order valence-electron chi connectivity index (χ4n) is 3.61. The minimum Gasteiger partial charge on any atom is -0.489 e. The van der Waals surface area contributed by atoms with Gasteiger partial charge in [-0.1, -0.05) is 66.7 Å². The van der Waals surface area contributed by atoms with Crippen LogP contribution in [0, 0.1) is 6.92 Å². The number of aryl methyl sites for hydroxylation is 1. The highest BCUT2D eigenvalue weighted by molar-refractivity contribution is 7.99. The third-order valence-corrected chi connectivity index (χ3v) is 5.82. The second-order valence-electron chi connectivity index (χ2n) is 7.34. The topological polar surface area (TPSA) is 95.1 Å². The molecule has 2 heterocycles. The van der Waals surface area contributed by atoms with E-state index < -0.39 is 11.9 Å². The molecule has 1 aliphatic heterocycles. The first-order valence-electron chi connectivity index (χ1n) is 10.1. The number of carbonyl (C=O) groups is 1. The number of hydrogen-bond acceptors (Lipinski definition) is 6. The summed E-state index contributed by atoms with van der Waals surface area (Å²) in [6.45, 7) is 6.34. The first-order chi connectivity index (χ1) is 15.0. The number of nitrogens with two attached hydrogens (primary N) is 1. The third kappa shape index (κ3) is 4.29. The molecule has 0 radical (unpaired) electrons. The monoisotopic (exact) mass is 435 g/mol. The summed E-state index contributed by atoms with van der Waals surface area (Å²) in [4.78, 5) is 17.0. The van der Waals surface area contributed by atoms with E-state index in [2.05, 4.69) is 34.5 Å². The van der Waals surface area contributed by atoms with Crippen molar-refractivity contribution in [3.05, 3.63) is 76.5 Å². The highest BCUT2D eigenvalue weighted by atomic mass is 32.2. The third-order valence-electron chi connectivity index (χ3n) is 5.10. The van der Waals surface area contributed by atoms with Gasteiger partial charge in [-0.05, 0) is 31.2 Å². The molecule has 0 spiro atoms. The number of amides is 1. The van der Waals surface area contributed by atoms with Crippen LogP contribution in [0.4, 0.5) is 5.95 Å². The van der Waals surface area contributed by atoms with Crippen molar-refractivity contribution < 1.29 is 9.53 Å². The molecule has 4 rings (SSSR count). The molecule has 3 N–H and O–H groups in total. The normalized spacial score (nSPS) is 15.4. The molecule has 0 saturated heterocycles. The zero-order chi connectivity index (χ0) is 22.0. The summed E-state index contributed by atoms with van der Waals surface area (Å²) < 4.78 is 7.91. The van der Waals surface area contributed by atoms with Crippen molar-refractivity contribution in [1.29, 1.82) is 0 Å². The second kappa shape index (κ2) is 8.85. The molecule has 1 amide bonds. The number of ether oxygens (including phenoxy) is 1. The molecule has 1 unspecified atom stereocenters. The Morgan fingerprint density at radius 2 is 1.94 bits per heavy atom. The van der Waals surface area contributed by atoms with E-state index in [0.29, 0.717) is 34.7 Å². The van der Waals surface area contributed by atoms with Gasteiger partial charge < -0.3 is 15.8 Å². The predicted molar refractivity (Wildman–Crippen MR) is 122 cm³/mol. The van der Waals surface area contributed by atoms with Gasteiger partial charge in [0.2, 0.25) is 17.0 Å². The Kier molecular flexibility index (Phi) is 5.99. The van der Waals surface area contributed by atoms with Gasteiger partial charge in [-0.15, -0.1) is 5.10 Å². The first-order valence-corrected chi connectivity index (χ1v) is 11.1. The van der Waals surface area contributed by atoms with Crippen LogP contribution in [0.25, 0.3) is 0 Å². The van der Waals surface area contributed by atoms with Crippen molar-refractivity contribution in [3.8, 4) is 5.75 Å². The van der Waals surface area contributed by atoms with Gasteiger partial charge in [-0.3, -0.25) is 4.79 Å². The predicted octanol–water partition coefficient (Wildman–Crippen LogP) is 4.05. The van der Waals surface area contributed by atoms with E-state index in [1.165, 1.54) is 5.56 Å². The molecule has 2 aromatic carbocycles. The first kappa shape index (κ1) is 21.0. The molecule has 160 valence electrons. The summed E-state index contributed by atoms with van der Waals surface area (Å²) in [7, 11) is 0. The van der Waals surface area contributed by atoms with Crippen LogP contribution in [0.1, 0.15) is 36.6 Å². The number of anilines is 1. The number of carbonyl (C=O) groups excluding carboxylic acids is 1. The van der Waals surface area contributed by atoms with Crippen LogP contribution in [0.3, 0.4) is 0 Å². The molecule has 8 heteroatoms. The molecule has 1 aliphatic rings. The van der Waals surface area contributed by atoms with E-state index in [4.69, 9.17) is 10.5 Å². The lowest BCUT2D eigenvalue weighted by Gasteiger charge is -2.28. The van der Waals surface area contributed by atoms with Crippen molar-refractivity contribution in [2.24, 2.45) is 5.73 Å². The maximum Gasteiger partial charge on any atom is 0.248 e. The van der Waals surface area contributed by atoms with Gasteiger partial charge in [-0.2, -0.15) is 4.98 Å². The minimum atomic E-state index is -0.526. The molecule has 3 aromatic rings. The molecule has 1 aromatic heterocycles. The Balaban J connectivity index is 1.75.